The fourth-order valence-corrected chi connectivity index (χ4v) is 3.68. The molecule has 1 aliphatic rings. The van der Waals surface area contributed by atoms with Crippen molar-refractivity contribution in [2.45, 2.75) is 45.3 Å². The number of allylic oxidation sites excluding steroid dienone is 2. The fourth-order valence-electron chi connectivity index (χ4n) is 2.63. The monoisotopic (exact) mass is 345 g/mol. The Labute approximate surface area is 141 Å². The number of aliphatic hydroxyl groups is 1. The molecule has 1 N–H and O–H groups in total. The van der Waals surface area contributed by atoms with E-state index < -0.39 is 0 Å². The van der Waals surface area contributed by atoms with Crippen molar-refractivity contribution in [3.63, 3.8) is 0 Å². The number of carbonyl (C=O) groups is 1. The van der Waals surface area contributed by atoms with E-state index in [0.29, 0.717) is 29.4 Å². The summed E-state index contributed by atoms with van der Waals surface area (Å²) < 4.78 is 0. The Bertz CT molecular complexity index is 474. The van der Waals surface area contributed by atoms with Crippen LogP contribution in [-0.4, -0.2) is 34.2 Å². The molecule has 0 fully saturated rings. The summed E-state index contributed by atoms with van der Waals surface area (Å²) in [7, 11) is 0. The SMILES string of the molecule is CCSC(C)CC1CC(=O)C(/C(C)=N\OC/C=C/Cl)=C(O)C1. The molecule has 4 nitrogen and oxygen atoms in total. The van der Waals surface area contributed by atoms with Gasteiger partial charge in [0.25, 0.3) is 0 Å². The number of Topliss-reactive ketones (excluding diaryl/α,β-unsaturated/α-hetero) is 1. The molecule has 0 amide bonds. The Morgan fingerprint density at radius 2 is 2.32 bits per heavy atom. The van der Waals surface area contributed by atoms with Crippen molar-refractivity contribution in [1.29, 1.82) is 0 Å². The number of carbonyl (C=O) groups excluding carboxylic acids is 1. The molecule has 0 aromatic heterocycles. The first kappa shape index (κ1) is 19.1. The minimum atomic E-state index is -0.0554. The summed E-state index contributed by atoms with van der Waals surface area (Å²) >= 11 is 7.26. The fraction of sp³-hybridized carbons (Fsp3) is 0.625. The molecule has 124 valence electrons. The van der Waals surface area contributed by atoms with Crippen LogP contribution in [0.1, 0.15) is 40.0 Å². The second kappa shape index (κ2) is 9.95. The number of oxime groups is 1. The van der Waals surface area contributed by atoms with Crippen molar-refractivity contribution >= 4 is 34.9 Å². The van der Waals surface area contributed by atoms with Gasteiger partial charge >= 0.3 is 0 Å². The van der Waals surface area contributed by atoms with E-state index >= 15 is 0 Å². The average Bonchev–Trinajstić information content (AvgIpc) is 2.43. The zero-order valence-electron chi connectivity index (χ0n) is 13.3. The highest BCUT2D eigenvalue weighted by atomic mass is 35.5. The van der Waals surface area contributed by atoms with Crippen LogP contribution in [0.25, 0.3) is 0 Å². The smallest absolute Gasteiger partial charge is 0.168 e. The lowest BCUT2D eigenvalue weighted by Gasteiger charge is -2.25. The van der Waals surface area contributed by atoms with E-state index in [1.807, 2.05) is 11.8 Å². The molecule has 1 rings (SSSR count). The molecular weight excluding hydrogens is 322 g/mol. The van der Waals surface area contributed by atoms with Gasteiger partial charge in [0.15, 0.2) is 5.78 Å². The van der Waals surface area contributed by atoms with Gasteiger partial charge in [0.2, 0.25) is 0 Å². The zero-order chi connectivity index (χ0) is 16.5. The molecule has 0 saturated heterocycles. The van der Waals surface area contributed by atoms with Crippen molar-refractivity contribution in [3.8, 4) is 0 Å². The summed E-state index contributed by atoms with van der Waals surface area (Å²) in [5.74, 6) is 1.35. The first-order valence-electron chi connectivity index (χ1n) is 7.48. The van der Waals surface area contributed by atoms with Gasteiger partial charge in [0.05, 0.1) is 11.3 Å². The Kier molecular flexibility index (Phi) is 8.64. The van der Waals surface area contributed by atoms with Gasteiger partial charge in [-0.1, -0.05) is 30.6 Å². The molecule has 0 aliphatic heterocycles. The number of hydrogen-bond acceptors (Lipinski definition) is 5. The molecule has 2 atom stereocenters. The molecule has 6 heteroatoms. The summed E-state index contributed by atoms with van der Waals surface area (Å²) in [5, 5.41) is 14.6. The van der Waals surface area contributed by atoms with Gasteiger partial charge in [-0.05, 0) is 31.1 Å². The maximum absolute atomic E-state index is 12.3. The molecule has 0 spiro atoms. The van der Waals surface area contributed by atoms with Crippen LogP contribution in [0, 0.1) is 5.92 Å². The van der Waals surface area contributed by atoms with Crippen molar-refractivity contribution in [2.24, 2.45) is 11.1 Å². The van der Waals surface area contributed by atoms with E-state index in [2.05, 4.69) is 19.0 Å². The maximum Gasteiger partial charge on any atom is 0.168 e. The quantitative estimate of drug-likeness (QED) is 0.401. The van der Waals surface area contributed by atoms with Crippen LogP contribution in [0.4, 0.5) is 0 Å². The number of halogens is 1. The van der Waals surface area contributed by atoms with Gasteiger partial charge < -0.3 is 9.94 Å². The third-order valence-corrected chi connectivity index (χ3v) is 4.74. The molecule has 22 heavy (non-hydrogen) atoms. The van der Waals surface area contributed by atoms with Gasteiger partial charge in [-0.2, -0.15) is 11.8 Å². The van der Waals surface area contributed by atoms with Crippen LogP contribution in [-0.2, 0) is 9.63 Å². The Morgan fingerprint density at radius 1 is 1.59 bits per heavy atom. The van der Waals surface area contributed by atoms with Gasteiger partial charge in [-0.15, -0.1) is 0 Å². The van der Waals surface area contributed by atoms with Gasteiger partial charge in [-0.3, -0.25) is 4.79 Å². The number of aliphatic hydroxyl groups excluding tert-OH is 1. The lowest BCUT2D eigenvalue weighted by molar-refractivity contribution is -0.116. The second-order valence-electron chi connectivity index (χ2n) is 5.35. The predicted molar refractivity (Wildman–Crippen MR) is 93.7 cm³/mol. The number of hydrogen-bond donors (Lipinski definition) is 1. The number of thioether (sulfide) groups is 1. The molecule has 2 unspecified atom stereocenters. The molecule has 0 aromatic rings. The van der Waals surface area contributed by atoms with Crippen LogP contribution in [0.5, 0.6) is 0 Å². The number of nitrogens with zero attached hydrogens (tertiary/aromatic N) is 1. The molecule has 0 aromatic carbocycles. The van der Waals surface area contributed by atoms with E-state index in [0.717, 1.165) is 12.2 Å². The molecule has 0 radical (unpaired) electrons. The first-order chi connectivity index (χ1) is 10.5. The van der Waals surface area contributed by atoms with Crippen molar-refractivity contribution in [3.05, 3.63) is 22.9 Å². The summed E-state index contributed by atoms with van der Waals surface area (Å²) in [6.45, 7) is 6.20. The summed E-state index contributed by atoms with van der Waals surface area (Å²) in [6.07, 6.45) is 3.53. The number of rotatable bonds is 8. The highest BCUT2D eigenvalue weighted by Gasteiger charge is 2.30. The van der Waals surface area contributed by atoms with Gasteiger partial charge in [-0.25, -0.2) is 0 Å². The standard InChI is InChI=1S/C16H24ClNO3S/c1-4-22-11(2)8-13-9-14(19)16(15(20)10-13)12(3)18-21-7-5-6-17/h5-6,11,13,19H,4,7-10H2,1-3H3/b6-5+,18-12-. The van der Waals surface area contributed by atoms with Crippen LogP contribution in [0.3, 0.4) is 0 Å². The summed E-state index contributed by atoms with van der Waals surface area (Å²) in [6, 6.07) is 0. The average molecular weight is 346 g/mol. The van der Waals surface area contributed by atoms with Crippen molar-refractivity contribution in [1.82, 2.24) is 0 Å². The molecular formula is C16H24ClNO3S. The molecule has 1 aliphatic carbocycles. The molecule has 0 bridgehead atoms. The summed E-state index contributed by atoms with van der Waals surface area (Å²) in [4.78, 5) is 17.3. The molecule has 0 heterocycles. The van der Waals surface area contributed by atoms with E-state index in [9.17, 15) is 9.90 Å². The van der Waals surface area contributed by atoms with Crippen LogP contribution in [0.15, 0.2) is 28.1 Å². The lowest BCUT2D eigenvalue weighted by atomic mass is 9.83. The third kappa shape index (κ3) is 6.05. The Hall–Kier alpha value is -0.940. The highest BCUT2D eigenvalue weighted by Crippen LogP contribution is 2.32. The normalized spacial score (nSPS) is 21.5. The highest BCUT2D eigenvalue weighted by molar-refractivity contribution is 7.99. The van der Waals surface area contributed by atoms with Crippen LogP contribution < -0.4 is 0 Å². The largest absolute Gasteiger partial charge is 0.511 e. The van der Waals surface area contributed by atoms with Crippen LogP contribution >= 0.6 is 23.4 Å². The topological polar surface area (TPSA) is 58.9 Å². The van der Waals surface area contributed by atoms with Crippen molar-refractivity contribution < 1.29 is 14.7 Å². The lowest BCUT2D eigenvalue weighted by Crippen LogP contribution is -2.25. The third-order valence-electron chi connectivity index (χ3n) is 3.46. The zero-order valence-corrected chi connectivity index (χ0v) is 14.9. The molecule has 0 saturated carbocycles. The number of ketones is 1. The van der Waals surface area contributed by atoms with E-state index in [-0.39, 0.29) is 24.1 Å². The van der Waals surface area contributed by atoms with E-state index in [1.165, 1.54) is 5.54 Å². The predicted octanol–water partition coefficient (Wildman–Crippen LogP) is 4.45. The van der Waals surface area contributed by atoms with E-state index in [1.54, 1.807) is 13.0 Å². The first-order valence-corrected chi connectivity index (χ1v) is 8.97. The second-order valence-corrected chi connectivity index (χ2v) is 7.32. The Morgan fingerprint density at radius 3 is 2.91 bits per heavy atom. The van der Waals surface area contributed by atoms with Crippen molar-refractivity contribution in [2.75, 3.05) is 12.4 Å². The minimum absolute atomic E-state index is 0.0554. The van der Waals surface area contributed by atoms with Gasteiger partial charge in [0, 0.05) is 23.6 Å². The Balaban J connectivity index is 2.70. The van der Waals surface area contributed by atoms with E-state index in [4.69, 9.17) is 16.4 Å². The summed E-state index contributed by atoms with van der Waals surface area (Å²) in [5.41, 5.74) is 2.06. The maximum atomic E-state index is 12.3. The van der Waals surface area contributed by atoms with Gasteiger partial charge in [0.1, 0.15) is 12.4 Å². The van der Waals surface area contributed by atoms with Crippen LogP contribution in [0.2, 0.25) is 0 Å². The minimum Gasteiger partial charge on any atom is -0.511 e.